The second kappa shape index (κ2) is 6.84. The van der Waals surface area contributed by atoms with Gasteiger partial charge in [0.25, 0.3) is 0 Å². The highest BCUT2D eigenvalue weighted by molar-refractivity contribution is 5.85. The summed E-state index contributed by atoms with van der Waals surface area (Å²) in [5, 5.41) is 8.45. The number of benzene rings is 1. The molecule has 24 heavy (non-hydrogen) atoms. The summed E-state index contributed by atoms with van der Waals surface area (Å²) >= 11 is 0. The van der Waals surface area contributed by atoms with E-state index in [9.17, 15) is 4.79 Å². The molecule has 130 valence electrons. The lowest BCUT2D eigenvalue weighted by atomic mass is 9.71. The van der Waals surface area contributed by atoms with Crippen molar-refractivity contribution < 1.29 is 14.6 Å². The molecule has 1 fully saturated rings. The Labute approximate surface area is 145 Å². The lowest BCUT2D eigenvalue weighted by Crippen LogP contribution is -2.27. The average molecular weight is 328 g/mol. The molecule has 0 heterocycles. The van der Waals surface area contributed by atoms with Crippen molar-refractivity contribution in [2.24, 2.45) is 16.7 Å². The highest BCUT2D eigenvalue weighted by Gasteiger charge is 2.52. The Morgan fingerprint density at radius 2 is 2.04 bits per heavy atom. The van der Waals surface area contributed by atoms with Gasteiger partial charge in [-0.25, -0.2) is 4.79 Å². The molecule has 2 aliphatic rings. The Bertz CT molecular complexity index is 670. The van der Waals surface area contributed by atoms with Crippen molar-refractivity contribution in [2.75, 3.05) is 7.11 Å². The van der Waals surface area contributed by atoms with E-state index in [1.165, 1.54) is 12.8 Å². The van der Waals surface area contributed by atoms with Crippen LogP contribution >= 0.6 is 0 Å². The van der Waals surface area contributed by atoms with E-state index in [0.717, 1.165) is 28.9 Å². The van der Waals surface area contributed by atoms with Crippen LogP contribution in [-0.4, -0.2) is 18.2 Å². The van der Waals surface area contributed by atoms with Gasteiger partial charge in [-0.1, -0.05) is 39.0 Å². The normalized spacial score (nSPS) is 26.3. The van der Waals surface area contributed by atoms with Crippen molar-refractivity contribution in [1.82, 2.24) is 0 Å². The van der Waals surface area contributed by atoms with Gasteiger partial charge in [0.2, 0.25) is 0 Å². The topological polar surface area (TPSA) is 46.5 Å². The predicted molar refractivity (Wildman–Crippen MR) is 98.2 cm³/mol. The summed E-state index contributed by atoms with van der Waals surface area (Å²) in [5.74, 6) is 0.702. The van der Waals surface area contributed by atoms with Crippen molar-refractivity contribution in [1.29, 1.82) is 0 Å². The number of rotatable bonds is 3. The van der Waals surface area contributed by atoms with E-state index in [0.29, 0.717) is 10.8 Å². The van der Waals surface area contributed by atoms with Gasteiger partial charge >= 0.3 is 5.97 Å². The molecule has 1 aromatic rings. The molecule has 3 rings (SSSR count). The zero-order valence-electron chi connectivity index (χ0n) is 15.3. The van der Waals surface area contributed by atoms with Gasteiger partial charge in [-0.05, 0) is 65.8 Å². The molecule has 3 heteroatoms. The van der Waals surface area contributed by atoms with E-state index in [1.807, 2.05) is 19.1 Å². The van der Waals surface area contributed by atoms with Crippen LogP contribution in [0.15, 0.2) is 36.4 Å². The molecule has 0 aromatic heterocycles. The molecule has 0 aliphatic heterocycles. The zero-order chi connectivity index (χ0) is 18.0. The number of carboxylic acids is 1. The molecule has 2 unspecified atom stereocenters. The largest absolute Gasteiger partial charge is 0.497 e. The Hall–Kier alpha value is -2.03. The van der Waals surface area contributed by atoms with E-state index in [1.54, 1.807) is 19.3 Å². The third-order valence-corrected chi connectivity index (χ3v) is 5.95. The Balaban J connectivity index is 0.000000182. The number of allylic oxidation sites excluding steroid dienone is 2. The molecule has 2 bridgehead atoms. The van der Waals surface area contributed by atoms with Gasteiger partial charge in [0.15, 0.2) is 0 Å². The molecular formula is C21H28O3. The monoisotopic (exact) mass is 328 g/mol. The molecule has 0 amide bonds. The van der Waals surface area contributed by atoms with Crippen LogP contribution in [0.1, 0.15) is 44.7 Å². The number of ether oxygens (including phenoxy) is 1. The van der Waals surface area contributed by atoms with Crippen molar-refractivity contribution in [3.8, 4) is 5.75 Å². The second-order valence-electron chi connectivity index (χ2n) is 7.54. The third kappa shape index (κ3) is 3.55. The minimum Gasteiger partial charge on any atom is -0.497 e. The standard InChI is InChI=1S/C11H12O3.C10H16/c1-8-7-10(14-2)5-3-9(8)4-6-11(12)13;1-9(2)8-4-6-10(9,3)7-5-8/h3-7H,1-2H3,(H,12,13);4,6,8H,5,7H2,1-3H3. The smallest absolute Gasteiger partial charge is 0.328 e. The van der Waals surface area contributed by atoms with Crippen LogP contribution in [0.25, 0.3) is 6.08 Å². The quantitative estimate of drug-likeness (QED) is 0.620. The van der Waals surface area contributed by atoms with Crippen molar-refractivity contribution in [3.05, 3.63) is 47.6 Å². The first-order chi connectivity index (χ1) is 11.2. The molecule has 2 aliphatic carbocycles. The first-order valence-electron chi connectivity index (χ1n) is 8.44. The molecular weight excluding hydrogens is 300 g/mol. The number of carboxylic acid groups (broad SMARTS) is 1. The summed E-state index contributed by atoms with van der Waals surface area (Å²) in [4.78, 5) is 10.3. The lowest BCUT2D eigenvalue weighted by Gasteiger charge is -2.33. The van der Waals surface area contributed by atoms with Crippen LogP contribution in [0.3, 0.4) is 0 Å². The molecule has 0 saturated heterocycles. The Morgan fingerprint density at radius 3 is 2.38 bits per heavy atom. The minimum absolute atomic E-state index is 0.525. The summed E-state index contributed by atoms with van der Waals surface area (Å²) in [6.07, 6.45) is 10.4. The lowest BCUT2D eigenvalue weighted by molar-refractivity contribution is -0.131. The van der Waals surface area contributed by atoms with E-state index < -0.39 is 5.97 Å². The molecule has 0 spiro atoms. The van der Waals surface area contributed by atoms with E-state index in [2.05, 4.69) is 32.9 Å². The first kappa shape index (κ1) is 18.3. The van der Waals surface area contributed by atoms with Gasteiger partial charge in [0, 0.05) is 6.08 Å². The maximum Gasteiger partial charge on any atom is 0.328 e. The minimum atomic E-state index is -0.944. The van der Waals surface area contributed by atoms with Crippen LogP contribution in [0.2, 0.25) is 0 Å². The summed E-state index contributed by atoms with van der Waals surface area (Å²) in [6.45, 7) is 9.12. The maximum absolute atomic E-state index is 10.3. The molecule has 0 radical (unpaired) electrons. The zero-order valence-corrected chi connectivity index (χ0v) is 15.3. The number of aliphatic carboxylic acids is 1. The van der Waals surface area contributed by atoms with Crippen LogP contribution < -0.4 is 4.74 Å². The number of fused-ring (bicyclic) bond motifs is 2. The summed E-state index contributed by atoms with van der Waals surface area (Å²) in [6, 6.07) is 5.49. The molecule has 1 aromatic carbocycles. The number of aryl methyl sites for hydroxylation is 1. The summed E-state index contributed by atoms with van der Waals surface area (Å²) in [5.41, 5.74) is 2.94. The van der Waals surface area contributed by atoms with Gasteiger partial charge < -0.3 is 9.84 Å². The van der Waals surface area contributed by atoms with Crippen LogP contribution in [0, 0.1) is 23.7 Å². The summed E-state index contributed by atoms with van der Waals surface area (Å²) in [7, 11) is 1.60. The number of hydrogen-bond donors (Lipinski definition) is 1. The number of hydrogen-bond acceptors (Lipinski definition) is 2. The fraction of sp³-hybridized carbons (Fsp3) is 0.476. The molecule has 2 atom stereocenters. The Morgan fingerprint density at radius 1 is 1.33 bits per heavy atom. The van der Waals surface area contributed by atoms with E-state index >= 15 is 0 Å². The number of methoxy groups -OCH3 is 1. The fourth-order valence-corrected chi connectivity index (χ4v) is 3.65. The van der Waals surface area contributed by atoms with Crippen molar-refractivity contribution in [2.45, 2.75) is 40.5 Å². The number of carbonyl (C=O) groups is 1. The SMILES string of the molecule is CC12C=CC(CC1)C2(C)C.COc1ccc(C=CC(=O)O)c(C)c1. The molecule has 3 nitrogen and oxygen atoms in total. The van der Waals surface area contributed by atoms with Crippen LogP contribution in [0.5, 0.6) is 5.75 Å². The van der Waals surface area contributed by atoms with E-state index in [4.69, 9.17) is 9.84 Å². The average Bonchev–Trinajstić information content (AvgIpc) is 2.89. The second-order valence-corrected chi connectivity index (χ2v) is 7.54. The van der Waals surface area contributed by atoms with Crippen molar-refractivity contribution in [3.63, 3.8) is 0 Å². The summed E-state index contributed by atoms with van der Waals surface area (Å²) < 4.78 is 5.04. The van der Waals surface area contributed by atoms with Crippen LogP contribution in [-0.2, 0) is 4.79 Å². The fourth-order valence-electron chi connectivity index (χ4n) is 3.65. The van der Waals surface area contributed by atoms with Crippen LogP contribution in [0.4, 0.5) is 0 Å². The highest BCUT2D eigenvalue weighted by atomic mass is 16.5. The first-order valence-corrected chi connectivity index (χ1v) is 8.44. The van der Waals surface area contributed by atoms with Gasteiger partial charge in [0.1, 0.15) is 5.75 Å². The van der Waals surface area contributed by atoms with Gasteiger partial charge in [-0.2, -0.15) is 0 Å². The van der Waals surface area contributed by atoms with Crippen molar-refractivity contribution >= 4 is 12.0 Å². The maximum atomic E-state index is 10.3. The third-order valence-electron chi connectivity index (χ3n) is 5.95. The molecule has 1 saturated carbocycles. The molecule has 1 N–H and O–H groups in total. The van der Waals surface area contributed by atoms with Gasteiger partial charge in [-0.3, -0.25) is 0 Å². The van der Waals surface area contributed by atoms with E-state index in [-0.39, 0.29) is 0 Å². The van der Waals surface area contributed by atoms with Gasteiger partial charge in [0.05, 0.1) is 7.11 Å². The highest BCUT2D eigenvalue weighted by Crippen LogP contribution is 2.61. The van der Waals surface area contributed by atoms with Gasteiger partial charge in [-0.15, -0.1) is 0 Å². The predicted octanol–water partition coefficient (Wildman–Crippen LogP) is 5.10. The Kier molecular flexibility index (Phi) is 5.22.